The van der Waals surface area contributed by atoms with Crippen LogP contribution in [0.4, 0.5) is 13.6 Å². The zero-order valence-corrected chi connectivity index (χ0v) is 20.4. The summed E-state index contributed by atoms with van der Waals surface area (Å²) in [7, 11) is 1.51. The van der Waals surface area contributed by atoms with Crippen LogP contribution in [0.1, 0.15) is 29.3 Å². The number of fused-ring (bicyclic) bond motifs is 1. The van der Waals surface area contributed by atoms with Gasteiger partial charge in [-0.2, -0.15) is 0 Å². The van der Waals surface area contributed by atoms with Gasteiger partial charge in [-0.1, -0.05) is 23.7 Å². The van der Waals surface area contributed by atoms with Crippen LogP contribution >= 0.6 is 11.6 Å². The highest BCUT2D eigenvalue weighted by Gasteiger charge is 2.38. The number of carbonyl (C=O) groups is 3. The molecule has 0 saturated carbocycles. The maximum atomic E-state index is 14.2. The number of hydrogen-bond acceptors (Lipinski definition) is 5. The monoisotopic (exact) mass is 519 g/mol. The van der Waals surface area contributed by atoms with Gasteiger partial charge in [-0.25, -0.2) is 13.6 Å². The molecule has 1 aliphatic heterocycles. The molecule has 2 heterocycles. The van der Waals surface area contributed by atoms with Crippen molar-refractivity contribution in [3.8, 4) is 5.75 Å². The van der Waals surface area contributed by atoms with E-state index >= 15 is 0 Å². The van der Waals surface area contributed by atoms with Crippen LogP contribution in [0.3, 0.4) is 0 Å². The Labute approximate surface area is 210 Å². The predicted octanol–water partition coefficient (Wildman–Crippen LogP) is 4.47. The number of amides is 2. The van der Waals surface area contributed by atoms with Gasteiger partial charge in [-0.05, 0) is 31.2 Å². The molecule has 190 valence electrons. The van der Waals surface area contributed by atoms with E-state index in [1.165, 1.54) is 32.2 Å². The second-order valence-corrected chi connectivity index (χ2v) is 8.82. The fourth-order valence-electron chi connectivity index (χ4n) is 4.19. The topological polar surface area (TPSA) is 89.9 Å². The van der Waals surface area contributed by atoms with Gasteiger partial charge in [0.1, 0.15) is 24.3 Å². The van der Waals surface area contributed by atoms with Gasteiger partial charge < -0.3 is 24.3 Å². The number of nitrogens with zero attached hydrogens (tertiary/aromatic N) is 2. The Balaban J connectivity index is 1.46. The molecule has 0 aliphatic carbocycles. The average Bonchev–Trinajstić information content (AvgIpc) is 3.39. The van der Waals surface area contributed by atoms with Crippen molar-refractivity contribution in [3.63, 3.8) is 0 Å². The number of carbonyl (C=O) groups excluding carboxylic acids is 3. The number of hydrogen-bond donors (Lipinski definition) is 1. The largest absolute Gasteiger partial charge is 0.497 e. The van der Waals surface area contributed by atoms with Crippen molar-refractivity contribution in [1.82, 2.24) is 14.8 Å². The summed E-state index contributed by atoms with van der Waals surface area (Å²) < 4.78 is 40.4. The summed E-state index contributed by atoms with van der Waals surface area (Å²) in [6.07, 6.45) is -2.06. The Kier molecular flexibility index (Phi) is 7.44. The van der Waals surface area contributed by atoms with Crippen molar-refractivity contribution in [2.75, 3.05) is 13.7 Å². The van der Waals surface area contributed by atoms with E-state index in [1.54, 1.807) is 29.0 Å². The van der Waals surface area contributed by atoms with Gasteiger partial charge in [0.25, 0.3) is 0 Å². The van der Waals surface area contributed by atoms with Crippen LogP contribution in [0, 0.1) is 5.82 Å². The lowest BCUT2D eigenvalue weighted by Gasteiger charge is -2.24. The highest BCUT2D eigenvalue weighted by Crippen LogP contribution is 2.28. The highest BCUT2D eigenvalue weighted by molar-refractivity contribution is 6.30. The normalized spacial score (nSPS) is 17.3. The average molecular weight is 520 g/mol. The van der Waals surface area contributed by atoms with E-state index in [2.05, 4.69) is 5.32 Å². The van der Waals surface area contributed by atoms with Crippen molar-refractivity contribution in [1.29, 1.82) is 0 Å². The number of rotatable bonds is 7. The molecular weight excluding hydrogens is 496 g/mol. The molecule has 1 aromatic heterocycles. The summed E-state index contributed by atoms with van der Waals surface area (Å²) >= 11 is 5.74. The van der Waals surface area contributed by atoms with E-state index in [0.29, 0.717) is 22.2 Å². The third-order valence-corrected chi connectivity index (χ3v) is 6.28. The molecule has 0 spiro atoms. The maximum absolute atomic E-state index is 14.2. The minimum atomic E-state index is -1.38. The fourth-order valence-corrected chi connectivity index (χ4v) is 4.39. The first kappa shape index (κ1) is 25.4. The molecule has 0 radical (unpaired) electrons. The molecule has 2 aromatic carbocycles. The Morgan fingerprint density at radius 2 is 2.00 bits per heavy atom. The number of nitrogens with one attached hydrogen (secondary N) is 1. The Morgan fingerprint density at radius 1 is 1.22 bits per heavy atom. The summed E-state index contributed by atoms with van der Waals surface area (Å²) in [6.45, 7) is 0.786. The first-order chi connectivity index (χ1) is 17.2. The fraction of sp³-hybridized carbons (Fsp3) is 0.320. The van der Waals surface area contributed by atoms with Crippen molar-refractivity contribution >= 4 is 40.3 Å². The third kappa shape index (κ3) is 5.28. The van der Waals surface area contributed by atoms with Crippen molar-refractivity contribution < 1.29 is 32.6 Å². The number of aromatic nitrogens is 1. The van der Waals surface area contributed by atoms with E-state index in [-0.39, 0.29) is 42.4 Å². The van der Waals surface area contributed by atoms with Gasteiger partial charge in [0.05, 0.1) is 18.7 Å². The maximum Gasteiger partial charge on any atom is 0.409 e. The van der Waals surface area contributed by atoms with Gasteiger partial charge in [-0.15, -0.1) is 0 Å². The molecule has 36 heavy (non-hydrogen) atoms. The Bertz CT molecular complexity index is 1330. The standard InChI is InChI=1S/C25H24ClF2N3O5/c1-14(32)19-12-30(21-7-6-17(35-2)9-18(19)21)13-22(33)31-11-16(27)8-23(31)36-25(34)29-10-15-4-3-5-20(26)24(15)28/h3-7,9,12,16,23H,8,10-11,13H2,1-2H3,(H,29,34)/t16-,23+/m1/s1. The van der Waals surface area contributed by atoms with Gasteiger partial charge in [0.2, 0.25) is 5.91 Å². The van der Waals surface area contributed by atoms with Crippen LogP contribution in [0.15, 0.2) is 42.6 Å². The van der Waals surface area contributed by atoms with E-state index in [4.69, 9.17) is 21.1 Å². The second kappa shape index (κ2) is 10.5. The molecule has 3 aromatic rings. The summed E-state index contributed by atoms with van der Waals surface area (Å²) in [5, 5.41) is 2.93. The van der Waals surface area contributed by atoms with Gasteiger partial charge >= 0.3 is 6.09 Å². The second-order valence-electron chi connectivity index (χ2n) is 8.42. The number of halogens is 3. The number of likely N-dealkylation sites (tertiary alicyclic amines) is 1. The van der Waals surface area contributed by atoms with Crippen LogP contribution < -0.4 is 10.1 Å². The van der Waals surface area contributed by atoms with E-state index in [9.17, 15) is 23.2 Å². The summed E-state index contributed by atoms with van der Waals surface area (Å²) in [4.78, 5) is 38.7. The number of benzene rings is 2. The van der Waals surface area contributed by atoms with Crippen LogP contribution in [0.25, 0.3) is 10.9 Å². The van der Waals surface area contributed by atoms with Crippen LogP contribution in [-0.4, -0.2) is 53.3 Å². The Morgan fingerprint density at radius 3 is 2.72 bits per heavy atom. The smallest absolute Gasteiger partial charge is 0.409 e. The molecule has 2 atom stereocenters. The number of ketones is 1. The molecule has 1 saturated heterocycles. The third-order valence-electron chi connectivity index (χ3n) is 5.99. The molecule has 2 amide bonds. The minimum Gasteiger partial charge on any atom is -0.497 e. The van der Waals surface area contributed by atoms with Crippen molar-refractivity contribution in [2.24, 2.45) is 0 Å². The molecule has 1 aliphatic rings. The van der Waals surface area contributed by atoms with Gasteiger partial charge in [0, 0.05) is 41.2 Å². The summed E-state index contributed by atoms with van der Waals surface area (Å²) in [5.74, 6) is -0.774. The first-order valence-electron chi connectivity index (χ1n) is 11.2. The molecule has 4 rings (SSSR count). The predicted molar refractivity (Wildman–Crippen MR) is 128 cm³/mol. The zero-order valence-electron chi connectivity index (χ0n) is 19.6. The number of methoxy groups -OCH3 is 1. The van der Waals surface area contributed by atoms with E-state index in [1.807, 2.05) is 0 Å². The van der Waals surface area contributed by atoms with E-state index in [0.717, 1.165) is 4.90 Å². The quantitative estimate of drug-likeness (QED) is 0.465. The Hall–Kier alpha value is -3.66. The lowest BCUT2D eigenvalue weighted by atomic mass is 10.1. The van der Waals surface area contributed by atoms with Gasteiger partial charge in [0.15, 0.2) is 12.0 Å². The highest BCUT2D eigenvalue weighted by atomic mass is 35.5. The zero-order chi connectivity index (χ0) is 26.0. The number of ether oxygens (including phenoxy) is 2. The van der Waals surface area contributed by atoms with Crippen molar-refractivity contribution in [3.05, 3.63) is 64.6 Å². The molecule has 8 nitrogen and oxygen atoms in total. The van der Waals surface area contributed by atoms with Crippen LogP contribution in [0.5, 0.6) is 5.75 Å². The van der Waals surface area contributed by atoms with Crippen LogP contribution in [0.2, 0.25) is 5.02 Å². The lowest BCUT2D eigenvalue weighted by Crippen LogP contribution is -2.42. The molecular formula is C25H24ClF2N3O5. The first-order valence-corrected chi connectivity index (χ1v) is 11.5. The van der Waals surface area contributed by atoms with Gasteiger partial charge in [-0.3, -0.25) is 9.59 Å². The van der Waals surface area contributed by atoms with E-state index < -0.39 is 30.2 Å². The molecule has 11 heteroatoms. The molecule has 1 fully saturated rings. The number of Topliss-reactive ketones (excluding diaryl/α,β-unsaturated/α-hetero) is 1. The lowest BCUT2D eigenvalue weighted by molar-refractivity contribution is -0.138. The summed E-state index contributed by atoms with van der Waals surface area (Å²) in [6, 6.07) is 9.52. The molecule has 1 N–H and O–H groups in total. The number of alkyl carbamates (subject to hydrolysis) is 1. The van der Waals surface area contributed by atoms with Crippen LogP contribution in [-0.2, 0) is 22.6 Å². The number of alkyl halides is 1. The SMILES string of the molecule is COc1ccc2c(c1)c(C(C)=O)cn2CC(=O)N1C[C@H](F)C[C@@H]1OC(=O)NCc1cccc(Cl)c1F. The van der Waals surface area contributed by atoms with Crippen molar-refractivity contribution in [2.45, 2.75) is 38.8 Å². The minimum absolute atomic E-state index is 0.0839. The molecule has 0 bridgehead atoms. The summed E-state index contributed by atoms with van der Waals surface area (Å²) in [5.41, 5.74) is 1.20. The molecule has 0 unspecified atom stereocenters.